The molecule has 0 saturated heterocycles. The number of nitrogens with one attached hydrogen (secondary N) is 1. The molecule has 3 N–H and O–H groups in total. The van der Waals surface area contributed by atoms with Crippen molar-refractivity contribution < 1.29 is 9.21 Å². The Morgan fingerprint density at radius 2 is 1.80 bits per heavy atom. The maximum atomic E-state index is 12.1. The fourth-order valence-corrected chi connectivity index (χ4v) is 2.53. The molecule has 0 aliphatic carbocycles. The summed E-state index contributed by atoms with van der Waals surface area (Å²) >= 11 is 0. The van der Waals surface area contributed by atoms with E-state index in [0.29, 0.717) is 18.1 Å². The first-order valence-electron chi connectivity index (χ1n) is 8.36. The minimum absolute atomic E-state index is 0.217. The van der Waals surface area contributed by atoms with Crippen LogP contribution in [-0.4, -0.2) is 17.4 Å². The van der Waals surface area contributed by atoms with Crippen LogP contribution in [0.5, 0.6) is 0 Å². The molecule has 3 aromatic rings. The van der Waals surface area contributed by atoms with Crippen molar-refractivity contribution in [3.63, 3.8) is 0 Å². The molecule has 0 spiro atoms. The molecule has 5 heteroatoms. The van der Waals surface area contributed by atoms with Gasteiger partial charge in [-0.2, -0.15) is 0 Å². The summed E-state index contributed by atoms with van der Waals surface area (Å²) in [6.45, 7) is 0.621. The number of nitrogens with two attached hydrogens (primary N) is 1. The minimum Gasteiger partial charge on any atom is -0.444 e. The van der Waals surface area contributed by atoms with Crippen LogP contribution in [0, 0.1) is 0 Å². The maximum Gasteiger partial charge on any atom is 0.273 e. The van der Waals surface area contributed by atoms with Crippen molar-refractivity contribution in [3.05, 3.63) is 72.1 Å². The number of benzene rings is 2. The molecule has 0 aliphatic heterocycles. The van der Waals surface area contributed by atoms with E-state index in [4.69, 9.17) is 10.2 Å². The van der Waals surface area contributed by atoms with Crippen molar-refractivity contribution in [1.82, 2.24) is 10.3 Å². The normalized spacial score (nSPS) is 10.6. The molecule has 0 atom stereocenters. The fourth-order valence-electron chi connectivity index (χ4n) is 2.53. The van der Waals surface area contributed by atoms with Gasteiger partial charge in [-0.15, -0.1) is 0 Å². The molecular weight excluding hydrogens is 314 g/mol. The number of nitrogens with zero attached hydrogens (tertiary/aromatic N) is 1. The number of hydrogen-bond acceptors (Lipinski definition) is 4. The molecule has 3 rings (SSSR count). The molecule has 1 aromatic heterocycles. The van der Waals surface area contributed by atoms with Crippen LogP contribution in [-0.2, 0) is 6.42 Å². The second-order valence-electron chi connectivity index (χ2n) is 5.86. The van der Waals surface area contributed by atoms with Crippen LogP contribution < -0.4 is 11.1 Å². The molecule has 1 amide bonds. The van der Waals surface area contributed by atoms with Crippen molar-refractivity contribution >= 4 is 11.6 Å². The van der Waals surface area contributed by atoms with Gasteiger partial charge in [-0.25, -0.2) is 4.98 Å². The Balaban J connectivity index is 1.45. The standard InChI is InChI=1S/C20H21N3O2/c21-17-11-9-16(10-12-17)20-23-18(14-25-20)19(24)22-13-5-4-8-15-6-2-1-3-7-15/h1-3,6-7,9-12,14H,4-5,8,13,21H2,(H,22,24). The Labute approximate surface area is 146 Å². The third-order valence-electron chi connectivity index (χ3n) is 3.92. The highest BCUT2D eigenvalue weighted by Crippen LogP contribution is 2.19. The number of rotatable bonds is 7. The predicted octanol–water partition coefficient (Wildman–Crippen LogP) is 3.68. The van der Waals surface area contributed by atoms with Gasteiger partial charge in [0, 0.05) is 17.8 Å². The van der Waals surface area contributed by atoms with E-state index in [1.54, 1.807) is 12.1 Å². The molecule has 0 bridgehead atoms. The van der Waals surface area contributed by atoms with E-state index in [2.05, 4.69) is 22.4 Å². The van der Waals surface area contributed by atoms with Gasteiger partial charge in [-0.05, 0) is 49.1 Å². The zero-order valence-corrected chi connectivity index (χ0v) is 13.9. The predicted molar refractivity (Wildman–Crippen MR) is 98.1 cm³/mol. The van der Waals surface area contributed by atoms with Crippen LogP contribution in [0.4, 0.5) is 5.69 Å². The lowest BCUT2D eigenvalue weighted by atomic mass is 10.1. The lowest BCUT2D eigenvalue weighted by Gasteiger charge is -2.03. The summed E-state index contributed by atoms with van der Waals surface area (Å²) < 4.78 is 5.38. The second kappa shape index (κ2) is 8.15. The Morgan fingerprint density at radius 1 is 1.04 bits per heavy atom. The van der Waals surface area contributed by atoms with Gasteiger partial charge in [0.1, 0.15) is 6.26 Å². The Hall–Kier alpha value is -3.08. The van der Waals surface area contributed by atoms with E-state index < -0.39 is 0 Å². The van der Waals surface area contributed by atoms with E-state index in [0.717, 1.165) is 24.8 Å². The summed E-state index contributed by atoms with van der Waals surface area (Å²) in [4.78, 5) is 16.4. The van der Waals surface area contributed by atoms with Crippen molar-refractivity contribution in [2.75, 3.05) is 12.3 Å². The number of anilines is 1. The summed E-state index contributed by atoms with van der Waals surface area (Å²) in [7, 11) is 0. The molecule has 0 unspecified atom stereocenters. The van der Waals surface area contributed by atoms with Gasteiger partial charge in [0.25, 0.3) is 5.91 Å². The monoisotopic (exact) mass is 335 g/mol. The Bertz CT molecular complexity index is 810. The van der Waals surface area contributed by atoms with Crippen molar-refractivity contribution in [2.45, 2.75) is 19.3 Å². The van der Waals surface area contributed by atoms with E-state index in [1.807, 2.05) is 30.3 Å². The highest BCUT2D eigenvalue weighted by atomic mass is 16.3. The van der Waals surface area contributed by atoms with Gasteiger partial charge in [0.05, 0.1) is 0 Å². The van der Waals surface area contributed by atoms with E-state index in [9.17, 15) is 4.79 Å². The Morgan fingerprint density at radius 3 is 2.56 bits per heavy atom. The third kappa shape index (κ3) is 4.70. The van der Waals surface area contributed by atoms with Crippen molar-refractivity contribution in [2.24, 2.45) is 0 Å². The van der Waals surface area contributed by atoms with Gasteiger partial charge in [-0.3, -0.25) is 4.79 Å². The van der Waals surface area contributed by atoms with Gasteiger partial charge in [0.15, 0.2) is 5.69 Å². The topological polar surface area (TPSA) is 81.1 Å². The largest absolute Gasteiger partial charge is 0.444 e. The summed E-state index contributed by atoms with van der Waals surface area (Å²) in [6.07, 6.45) is 4.34. The maximum absolute atomic E-state index is 12.1. The number of unbranched alkanes of at least 4 members (excludes halogenated alkanes) is 1. The van der Waals surface area contributed by atoms with Gasteiger partial charge in [0.2, 0.25) is 5.89 Å². The molecular formula is C20H21N3O2. The number of aryl methyl sites for hydroxylation is 1. The highest BCUT2D eigenvalue weighted by molar-refractivity contribution is 5.92. The lowest BCUT2D eigenvalue weighted by Crippen LogP contribution is -2.24. The lowest BCUT2D eigenvalue weighted by molar-refractivity contribution is 0.0948. The molecule has 0 fully saturated rings. The number of nitrogen functional groups attached to an aromatic ring is 1. The van der Waals surface area contributed by atoms with E-state index in [1.165, 1.54) is 11.8 Å². The zero-order valence-electron chi connectivity index (χ0n) is 13.9. The minimum atomic E-state index is -0.217. The van der Waals surface area contributed by atoms with Gasteiger partial charge >= 0.3 is 0 Å². The van der Waals surface area contributed by atoms with Crippen LogP contribution >= 0.6 is 0 Å². The summed E-state index contributed by atoms with van der Waals surface area (Å²) in [5, 5.41) is 2.88. The molecule has 5 nitrogen and oxygen atoms in total. The molecule has 0 aliphatic rings. The molecule has 1 heterocycles. The SMILES string of the molecule is Nc1ccc(-c2nc(C(=O)NCCCCc3ccccc3)co2)cc1. The van der Waals surface area contributed by atoms with E-state index in [-0.39, 0.29) is 11.6 Å². The van der Waals surface area contributed by atoms with Crippen LogP contribution in [0.15, 0.2) is 65.3 Å². The Kier molecular flexibility index (Phi) is 5.46. The zero-order chi connectivity index (χ0) is 17.5. The van der Waals surface area contributed by atoms with Crippen LogP contribution in [0.2, 0.25) is 0 Å². The summed E-state index contributed by atoms with van der Waals surface area (Å²) in [6, 6.07) is 17.5. The number of aromatic nitrogens is 1. The highest BCUT2D eigenvalue weighted by Gasteiger charge is 2.12. The van der Waals surface area contributed by atoms with Crippen molar-refractivity contribution in [1.29, 1.82) is 0 Å². The second-order valence-corrected chi connectivity index (χ2v) is 5.86. The molecule has 0 saturated carbocycles. The number of amides is 1. The number of carbonyl (C=O) groups is 1. The summed E-state index contributed by atoms with van der Waals surface area (Å²) in [5.41, 5.74) is 8.72. The molecule has 0 radical (unpaired) electrons. The fraction of sp³-hybridized carbons (Fsp3) is 0.200. The third-order valence-corrected chi connectivity index (χ3v) is 3.92. The van der Waals surface area contributed by atoms with Gasteiger partial charge < -0.3 is 15.5 Å². The first kappa shape index (κ1) is 16.8. The van der Waals surface area contributed by atoms with Crippen LogP contribution in [0.25, 0.3) is 11.5 Å². The average Bonchev–Trinajstić information content (AvgIpc) is 3.13. The van der Waals surface area contributed by atoms with Gasteiger partial charge in [-0.1, -0.05) is 30.3 Å². The summed E-state index contributed by atoms with van der Waals surface area (Å²) in [5.74, 6) is 0.194. The molecule has 2 aromatic carbocycles. The number of oxazole rings is 1. The van der Waals surface area contributed by atoms with E-state index >= 15 is 0 Å². The van der Waals surface area contributed by atoms with Crippen LogP contribution in [0.3, 0.4) is 0 Å². The number of hydrogen-bond donors (Lipinski definition) is 2. The van der Waals surface area contributed by atoms with Crippen LogP contribution in [0.1, 0.15) is 28.9 Å². The first-order valence-corrected chi connectivity index (χ1v) is 8.36. The quantitative estimate of drug-likeness (QED) is 0.510. The first-order chi connectivity index (χ1) is 12.2. The molecule has 128 valence electrons. The van der Waals surface area contributed by atoms with Crippen molar-refractivity contribution in [3.8, 4) is 11.5 Å². The number of carbonyl (C=O) groups excluding carboxylic acids is 1. The average molecular weight is 335 g/mol. The smallest absolute Gasteiger partial charge is 0.273 e. The molecule has 25 heavy (non-hydrogen) atoms.